The Bertz CT molecular complexity index is 537. The van der Waals surface area contributed by atoms with Crippen molar-refractivity contribution in [3.63, 3.8) is 0 Å². The van der Waals surface area contributed by atoms with Crippen molar-refractivity contribution in [2.45, 2.75) is 84.2 Å². The molecule has 1 N–H and O–H groups in total. The summed E-state index contributed by atoms with van der Waals surface area (Å²) in [5.41, 5.74) is -0.641. The fourth-order valence-corrected chi connectivity index (χ4v) is 3.31. The van der Waals surface area contributed by atoms with Gasteiger partial charge >= 0.3 is 0 Å². The van der Waals surface area contributed by atoms with Gasteiger partial charge < -0.3 is 9.42 Å². The Kier molecular flexibility index (Phi) is 6.01. The van der Waals surface area contributed by atoms with Crippen LogP contribution >= 0.6 is 0 Å². The van der Waals surface area contributed by atoms with Crippen molar-refractivity contribution in [1.29, 1.82) is 0 Å². The number of likely N-dealkylation sites (N-methyl/N-ethyl adjacent to an activating group) is 1. The lowest BCUT2D eigenvalue weighted by atomic mass is 9.80. The molecular weight excluding hydrogens is 304 g/mol. The summed E-state index contributed by atoms with van der Waals surface area (Å²) in [5, 5.41) is 7.56. The SMILES string of the molecule is CCN(CC)C(=O)C1(NCc2noc(C(C)(C)C)n2)CCCCC1. The monoisotopic (exact) mass is 336 g/mol. The van der Waals surface area contributed by atoms with Crippen molar-refractivity contribution in [2.75, 3.05) is 13.1 Å². The second-order valence-electron chi connectivity index (χ2n) is 7.74. The van der Waals surface area contributed by atoms with Crippen LogP contribution in [0.2, 0.25) is 0 Å². The number of hydrogen-bond donors (Lipinski definition) is 1. The quantitative estimate of drug-likeness (QED) is 0.864. The lowest BCUT2D eigenvalue weighted by molar-refractivity contribution is -0.139. The van der Waals surface area contributed by atoms with E-state index < -0.39 is 5.54 Å². The number of rotatable bonds is 6. The van der Waals surface area contributed by atoms with Crippen LogP contribution in [0, 0.1) is 0 Å². The number of amides is 1. The van der Waals surface area contributed by atoms with Crippen molar-refractivity contribution >= 4 is 5.91 Å². The molecule has 6 nitrogen and oxygen atoms in total. The highest BCUT2D eigenvalue weighted by atomic mass is 16.5. The molecule has 24 heavy (non-hydrogen) atoms. The molecule has 0 spiro atoms. The number of carbonyl (C=O) groups excluding carboxylic acids is 1. The highest BCUT2D eigenvalue weighted by molar-refractivity contribution is 5.86. The van der Waals surface area contributed by atoms with Crippen molar-refractivity contribution in [3.8, 4) is 0 Å². The van der Waals surface area contributed by atoms with Crippen molar-refractivity contribution in [1.82, 2.24) is 20.4 Å². The van der Waals surface area contributed by atoms with Crippen LogP contribution in [0.5, 0.6) is 0 Å². The molecule has 2 rings (SSSR count). The number of carbonyl (C=O) groups is 1. The van der Waals surface area contributed by atoms with Gasteiger partial charge in [-0.05, 0) is 26.7 Å². The van der Waals surface area contributed by atoms with Crippen LogP contribution in [-0.4, -0.2) is 39.6 Å². The van der Waals surface area contributed by atoms with Crippen LogP contribution in [0.4, 0.5) is 0 Å². The highest BCUT2D eigenvalue weighted by Gasteiger charge is 2.41. The Hall–Kier alpha value is -1.43. The summed E-state index contributed by atoms with van der Waals surface area (Å²) >= 11 is 0. The molecule has 0 radical (unpaired) electrons. The lowest BCUT2D eigenvalue weighted by Gasteiger charge is -2.40. The lowest BCUT2D eigenvalue weighted by Crippen LogP contribution is -2.58. The summed E-state index contributed by atoms with van der Waals surface area (Å²) in [7, 11) is 0. The summed E-state index contributed by atoms with van der Waals surface area (Å²) in [5.74, 6) is 1.47. The highest BCUT2D eigenvalue weighted by Crippen LogP contribution is 2.30. The maximum absolute atomic E-state index is 13.1. The standard InChI is InChI=1S/C18H32N4O2/c1-6-22(7-2)16(23)18(11-9-8-10-12-18)19-13-14-20-15(24-21-14)17(3,4)5/h19H,6-13H2,1-5H3. The first-order chi connectivity index (χ1) is 11.3. The Morgan fingerprint density at radius 1 is 1.21 bits per heavy atom. The molecule has 1 aliphatic carbocycles. The molecule has 1 amide bonds. The molecule has 1 heterocycles. The Morgan fingerprint density at radius 3 is 2.33 bits per heavy atom. The van der Waals surface area contributed by atoms with Crippen LogP contribution in [0.1, 0.15) is 78.4 Å². The van der Waals surface area contributed by atoms with Crippen molar-refractivity contribution in [2.24, 2.45) is 0 Å². The van der Waals surface area contributed by atoms with Gasteiger partial charge in [0, 0.05) is 18.5 Å². The number of nitrogens with one attached hydrogen (secondary N) is 1. The van der Waals surface area contributed by atoms with Gasteiger partial charge in [-0.15, -0.1) is 0 Å². The van der Waals surface area contributed by atoms with Gasteiger partial charge in [-0.25, -0.2) is 0 Å². The molecule has 1 aromatic rings. The number of nitrogens with zero attached hydrogens (tertiary/aromatic N) is 3. The predicted octanol–water partition coefficient (Wildman–Crippen LogP) is 3.03. The maximum atomic E-state index is 13.1. The summed E-state index contributed by atoms with van der Waals surface area (Å²) in [4.78, 5) is 19.5. The van der Waals surface area contributed by atoms with Crippen LogP contribution < -0.4 is 5.32 Å². The summed E-state index contributed by atoms with van der Waals surface area (Å²) in [6.07, 6.45) is 5.13. The summed E-state index contributed by atoms with van der Waals surface area (Å²) < 4.78 is 5.36. The molecule has 0 unspecified atom stereocenters. The topological polar surface area (TPSA) is 71.3 Å². The van der Waals surface area contributed by atoms with Gasteiger partial charge in [0.05, 0.1) is 12.1 Å². The van der Waals surface area contributed by atoms with E-state index in [-0.39, 0.29) is 11.3 Å². The van der Waals surface area contributed by atoms with E-state index in [4.69, 9.17) is 4.52 Å². The molecule has 1 fully saturated rings. The van der Waals surface area contributed by atoms with E-state index in [0.29, 0.717) is 18.3 Å². The van der Waals surface area contributed by atoms with E-state index in [1.807, 2.05) is 39.5 Å². The van der Waals surface area contributed by atoms with E-state index >= 15 is 0 Å². The first-order valence-corrected chi connectivity index (χ1v) is 9.20. The Balaban J connectivity index is 2.12. The zero-order chi connectivity index (χ0) is 17.8. The summed E-state index contributed by atoms with van der Waals surface area (Å²) in [6.45, 7) is 12.2. The van der Waals surface area contributed by atoms with Crippen LogP contribution in [0.25, 0.3) is 0 Å². The van der Waals surface area contributed by atoms with E-state index in [2.05, 4.69) is 15.5 Å². The number of aromatic nitrogens is 2. The average molecular weight is 336 g/mol. The molecular formula is C18H32N4O2. The minimum Gasteiger partial charge on any atom is -0.342 e. The van der Waals surface area contributed by atoms with Crippen LogP contribution in [-0.2, 0) is 16.8 Å². The van der Waals surface area contributed by atoms with Gasteiger partial charge in [-0.3, -0.25) is 10.1 Å². The molecule has 0 aliphatic heterocycles. The third-order valence-corrected chi connectivity index (χ3v) is 4.86. The molecule has 0 aromatic carbocycles. The molecule has 1 aliphatic rings. The van der Waals surface area contributed by atoms with Gasteiger partial charge in [0.15, 0.2) is 5.82 Å². The van der Waals surface area contributed by atoms with E-state index in [0.717, 1.165) is 38.8 Å². The van der Waals surface area contributed by atoms with Gasteiger partial charge in [0.2, 0.25) is 11.8 Å². The third-order valence-electron chi connectivity index (χ3n) is 4.86. The predicted molar refractivity (Wildman–Crippen MR) is 93.6 cm³/mol. The third kappa shape index (κ3) is 4.15. The van der Waals surface area contributed by atoms with Crippen LogP contribution in [0.15, 0.2) is 4.52 Å². The largest absolute Gasteiger partial charge is 0.342 e. The van der Waals surface area contributed by atoms with Crippen LogP contribution in [0.3, 0.4) is 0 Å². The Labute approximate surface area is 145 Å². The molecule has 136 valence electrons. The van der Waals surface area contributed by atoms with Gasteiger partial charge in [0.1, 0.15) is 0 Å². The second kappa shape index (κ2) is 7.64. The minimum atomic E-state index is -0.479. The first-order valence-electron chi connectivity index (χ1n) is 9.20. The normalized spacial score (nSPS) is 17.7. The molecule has 0 bridgehead atoms. The maximum Gasteiger partial charge on any atom is 0.242 e. The first kappa shape index (κ1) is 18.9. The molecule has 6 heteroatoms. The average Bonchev–Trinajstić information content (AvgIpc) is 3.04. The Morgan fingerprint density at radius 2 is 1.83 bits per heavy atom. The second-order valence-corrected chi connectivity index (χ2v) is 7.74. The molecule has 1 aromatic heterocycles. The van der Waals surface area contributed by atoms with E-state index in [1.54, 1.807) is 0 Å². The fraction of sp³-hybridized carbons (Fsp3) is 0.833. The summed E-state index contributed by atoms with van der Waals surface area (Å²) in [6, 6.07) is 0. The zero-order valence-electron chi connectivity index (χ0n) is 15.8. The van der Waals surface area contributed by atoms with Gasteiger partial charge in [-0.1, -0.05) is 45.2 Å². The zero-order valence-corrected chi connectivity index (χ0v) is 15.8. The fourth-order valence-electron chi connectivity index (χ4n) is 3.31. The van der Waals surface area contributed by atoms with Gasteiger partial charge in [-0.2, -0.15) is 4.98 Å². The van der Waals surface area contributed by atoms with Gasteiger partial charge in [0.25, 0.3) is 0 Å². The minimum absolute atomic E-state index is 0.162. The van der Waals surface area contributed by atoms with Crippen molar-refractivity contribution < 1.29 is 9.32 Å². The van der Waals surface area contributed by atoms with E-state index in [1.165, 1.54) is 6.42 Å². The molecule has 0 saturated heterocycles. The molecule has 0 atom stereocenters. The smallest absolute Gasteiger partial charge is 0.242 e. The van der Waals surface area contributed by atoms with Crippen molar-refractivity contribution in [3.05, 3.63) is 11.7 Å². The molecule has 1 saturated carbocycles. The van der Waals surface area contributed by atoms with E-state index in [9.17, 15) is 4.79 Å². The number of hydrogen-bond acceptors (Lipinski definition) is 5.